The molecule has 0 aliphatic heterocycles. The number of halogens is 3. The minimum Gasteiger partial charge on any atom is -0.456 e. The first kappa shape index (κ1) is 13.8. The van der Waals surface area contributed by atoms with E-state index in [4.69, 9.17) is 27.9 Å². The SMILES string of the molecule is O=C(OCc1nc(Cl)ccc1Cl)c1ccc(F)cc1. The van der Waals surface area contributed by atoms with Crippen LogP contribution in [0.4, 0.5) is 4.39 Å². The molecule has 0 N–H and O–H groups in total. The topological polar surface area (TPSA) is 39.2 Å². The monoisotopic (exact) mass is 299 g/mol. The summed E-state index contributed by atoms with van der Waals surface area (Å²) in [5, 5.41) is 0.619. The van der Waals surface area contributed by atoms with Crippen LogP contribution >= 0.6 is 23.2 Å². The van der Waals surface area contributed by atoms with Crippen LogP contribution in [0.2, 0.25) is 10.2 Å². The van der Waals surface area contributed by atoms with E-state index in [1.807, 2.05) is 0 Å². The first-order valence-corrected chi connectivity index (χ1v) is 6.05. The van der Waals surface area contributed by atoms with Gasteiger partial charge in [0.15, 0.2) is 0 Å². The number of ether oxygens (including phenoxy) is 1. The van der Waals surface area contributed by atoms with Gasteiger partial charge in [0.1, 0.15) is 17.6 Å². The Morgan fingerprint density at radius 1 is 1.16 bits per heavy atom. The average molecular weight is 300 g/mol. The summed E-state index contributed by atoms with van der Waals surface area (Å²) in [6.45, 7) is -0.102. The fourth-order valence-electron chi connectivity index (χ4n) is 1.36. The van der Waals surface area contributed by atoms with E-state index >= 15 is 0 Å². The molecule has 0 saturated carbocycles. The zero-order chi connectivity index (χ0) is 13.8. The highest BCUT2D eigenvalue weighted by Crippen LogP contribution is 2.18. The van der Waals surface area contributed by atoms with Crippen LogP contribution in [0.1, 0.15) is 16.1 Å². The fourth-order valence-corrected chi connectivity index (χ4v) is 1.69. The zero-order valence-corrected chi connectivity index (χ0v) is 11.1. The van der Waals surface area contributed by atoms with E-state index < -0.39 is 11.8 Å². The van der Waals surface area contributed by atoms with E-state index in [1.165, 1.54) is 30.3 Å². The number of benzene rings is 1. The number of carbonyl (C=O) groups excluding carboxylic acids is 1. The van der Waals surface area contributed by atoms with Crippen molar-refractivity contribution in [2.45, 2.75) is 6.61 Å². The van der Waals surface area contributed by atoms with Gasteiger partial charge in [0.2, 0.25) is 0 Å². The fraction of sp³-hybridized carbons (Fsp3) is 0.0769. The van der Waals surface area contributed by atoms with Crippen LogP contribution in [0.5, 0.6) is 0 Å². The van der Waals surface area contributed by atoms with Gasteiger partial charge in [0.05, 0.1) is 16.3 Å². The molecule has 1 aromatic carbocycles. The van der Waals surface area contributed by atoms with Gasteiger partial charge < -0.3 is 4.74 Å². The molecule has 3 nitrogen and oxygen atoms in total. The second-order valence-corrected chi connectivity index (χ2v) is 4.44. The Bertz CT molecular complexity index is 602. The van der Waals surface area contributed by atoms with Crippen molar-refractivity contribution in [2.24, 2.45) is 0 Å². The largest absolute Gasteiger partial charge is 0.456 e. The molecular weight excluding hydrogens is 292 g/mol. The summed E-state index contributed by atoms with van der Waals surface area (Å²) in [4.78, 5) is 15.6. The standard InChI is InChI=1S/C13H8Cl2FNO2/c14-10-5-6-12(15)17-11(10)7-19-13(18)8-1-3-9(16)4-2-8/h1-6H,7H2. The molecule has 19 heavy (non-hydrogen) atoms. The molecule has 1 heterocycles. The van der Waals surface area contributed by atoms with Crippen molar-refractivity contribution in [3.05, 3.63) is 63.6 Å². The molecule has 0 amide bonds. The smallest absolute Gasteiger partial charge is 0.338 e. The van der Waals surface area contributed by atoms with Gasteiger partial charge in [-0.3, -0.25) is 0 Å². The highest BCUT2D eigenvalue weighted by atomic mass is 35.5. The minimum atomic E-state index is -0.585. The van der Waals surface area contributed by atoms with Gasteiger partial charge in [-0.2, -0.15) is 0 Å². The lowest BCUT2D eigenvalue weighted by molar-refractivity contribution is 0.0468. The van der Waals surface area contributed by atoms with Gasteiger partial charge in [0.25, 0.3) is 0 Å². The lowest BCUT2D eigenvalue weighted by Crippen LogP contribution is -2.06. The molecule has 0 spiro atoms. The predicted octanol–water partition coefficient (Wildman–Crippen LogP) is 3.88. The maximum Gasteiger partial charge on any atom is 0.338 e. The zero-order valence-electron chi connectivity index (χ0n) is 9.57. The van der Waals surface area contributed by atoms with E-state index in [1.54, 1.807) is 6.07 Å². The van der Waals surface area contributed by atoms with E-state index in [-0.39, 0.29) is 17.3 Å². The molecule has 1 aromatic heterocycles. The molecule has 2 rings (SSSR count). The number of carbonyl (C=O) groups is 1. The number of hydrogen-bond donors (Lipinski definition) is 0. The first-order valence-electron chi connectivity index (χ1n) is 5.30. The highest BCUT2D eigenvalue weighted by molar-refractivity contribution is 6.32. The van der Waals surface area contributed by atoms with Crippen LogP contribution < -0.4 is 0 Å². The van der Waals surface area contributed by atoms with Gasteiger partial charge in [-0.25, -0.2) is 14.2 Å². The third-order valence-corrected chi connectivity index (χ3v) is 2.86. The molecular formula is C13H8Cl2FNO2. The summed E-state index contributed by atoms with van der Waals surface area (Å²) in [7, 11) is 0. The first-order chi connectivity index (χ1) is 9.06. The summed E-state index contributed by atoms with van der Waals surface area (Å²) < 4.78 is 17.7. The molecule has 0 fully saturated rings. The van der Waals surface area contributed by atoms with E-state index in [2.05, 4.69) is 4.98 Å². The molecule has 6 heteroatoms. The van der Waals surface area contributed by atoms with Crippen molar-refractivity contribution in [2.75, 3.05) is 0 Å². The number of nitrogens with zero attached hydrogens (tertiary/aromatic N) is 1. The van der Waals surface area contributed by atoms with Crippen molar-refractivity contribution in [1.82, 2.24) is 4.98 Å². The molecule has 0 aliphatic rings. The molecule has 0 aliphatic carbocycles. The Labute approximate surface area is 118 Å². The van der Waals surface area contributed by atoms with Gasteiger partial charge in [-0.15, -0.1) is 0 Å². The Kier molecular flexibility index (Phi) is 4.35. The number of hydrogen-bond acceptors (Lipinski definition) is 3. The number of pyridine rings is 1. The van der Waals surface area contributed by atoms with Crippen LogP contribution in [-0.2, 0) is 11.3 Å². The normalized spacial score (nSPS) is 10.3. The summed E-state index contributed by atoms with van der Waals surface area (Å²) >= 11 is 11.6. The minimum absolute atomic E-state index is 0.102. The highest BCUT2D eigenvalue weighted by Gasteiger charge is 2.10. The maximum atomic E-state index is 12.7. The van der Waals surface area contributed by atoms with Crippen molar-refractivity contribution < 1.29 is 13.9 Å². The lowest BCUT2D eigenvalue weighted by atomic mass is 10.2. The second kappa shape index (κ2) is 5.99. The quantitative estimate of drug-likeness (QED) is 0.638. The third kappa shape index (κ3) is 3.66. The van der Waals surface area contributed by atoms with Crippen LogP contribution in [-0.4, -0.2) is 11.0 Å². The molecule has 0 unspecified atom stereocenters. The van der Waals surface area contributed by atoms with Crippen molar-refractivity contribution in [1.29, 1.82) is 0 Å². The molecule has 0 radical (unpaired) electrons. The Balaban J connectivity index is 2.04. The maximum absolute atomic E-state index is 12.7. The summed E-state index contributed by atoms with van der Waals surface area (Å²) in [6, 6.07) is 8.14. The van der Waals surface area contributed by atoms with E-state index in [0.29, 0.717) is 10.7 Å². The Morgan fingerprint density at radius 2 is 1.84 bits per heavy atom. The average Bonchev–Trinajstić information content (AvgIpc) is 2.40. The van der Waals surface area contributed by atoms with Crippen molar-refractivity contribution in [3.63, 3.8) is 0 Å². The summed E-state index contributed by atoms with van der Waals surface area (Å²) in [5.74, 6) is -1.01. The Hall–Kier alpha value is -1.65. The van der Waals surface area contributed by atoms with E-state index in [9.17, 15) is 9.18 Å². The molecule has 0 atom stereocenters. The summed E-state index contributed by atoms with van der Waals surface area (Å²) in [5.41, 5.74) is 0.615. The molecule has 98 valence electrons. The van der Waals surface area contributed by atoms with Crippen molar-refractivity contribution in [3.8, 4) is 0 Å². The number of rotatable bonds is 3. The van der Waals surface area contributed by atoms with Crippen molar-refractivity contribution >= 4 is 29.2 Å². The van der Waals surface area contributed by atoms with Crippen LogP contribution in [0.15, 0.2) is 36.4 Å². The van der Waals surface area contributed by atoms with Gasteiger partial charge in [0, 0.05) is 0 Å². The number of aromatic nitrogens is 1. The van der Waals surface area contributed by atoms with Gasteiger partial charge in [-0.1, -0.05) is 23.2 Å². The molecule has 0 bridgehead atoms. The Morgan fingerprint density at radius 3 is 2.53 bits per heavy atom. The predicted molar refractivity (Wildman–Crippen MR) is 69.8 cm³/mol. The number of esters is 1. The van der Waals surface area contributed by atoms with Crippen LogP contribution in [0.3, 0.4) is 0 Å². The van der Waals surface area contributed by atoms with E-state index in [0.717, 1.165) is 0 Å². The van der Waals surface area contributed by atoms with Crippen LogP contribution in [0.25, 0.3) is 0 Å². The van der Waals surface area contributed by atoms with Gasteiger partial charge >= 0.3 is 5.97 Å². The second-order valence-electron chi connectivity index (χ2n) is 3.65. The molecule has 0 saturated heterocycles. The molecule has 2 aromatic rings. The summed E-state index contributed by atoms with van der Waals surface area (Å²) in [6.07, 6.45) is 0. The lowest BCUT2D eigenvalue weighted by Gasteiger charge is -2.06. The van der Waals surface area contributed by atoms with Crippen LogP contribution in [0, 0.1) is 5.82 Å². The van der Waals surface area contributed by atoms with Gasteiger partial charge in [-0.05, 0) is 36.4 Å². The third-order valence-electron chi connectivity index (χ3n) is 2.30.